The van der Waals surface area contributed by atoms with E-state index in [1.807, 2.05) is 58.2 Å². The number of aromatic nitrogens is 1. The number of aryl methyl sites for hydroxylation is 1. The lowest BCUT2D eigenvalue weighted by molar-refractivity contribution is 0.300. The number of hydrogen-bond acceptors (Lipinski definition) is 5. The Morgan fingerprint density at radius 2 is 1.47 bits per heavy atom. The highest BCUT2D eigenvalue weighted by molar-refractivity contribution is 5.49. The molecule has 3 rings (SSSR count). The molecule has 1 aromatic heterocycles. The molecule has 0 fully saturated rings. The smallest absolute Gasteiger partial charge is 0.144 e. The molecule has 2 aromatic carbocycles. The molecule has 5 heteroatoms. The first-order valence-electron chi connectivity index (χ1n) is 9.91. The van der Waals surface area contributed by atoms with Crippen LogP contribution in [-0.2, 0) is 13.2 Å². The second-order valence-electron chi connectivity index (χ2n) is 6.46. The first-order chi connectivity index (χ1) is 14.6. The van der Waals surface area contributed by atoms with Gasteiger partial charge in [-0.25, -0.2) is 0 Å². The average molecular weight is 399 g/mol. The number of ether oxygens (including phenoxy) is 1. The lowest BCUT2D eigenvalue weighted by atomic mass is 10.1. The lowest BCUT2D eigenvalue weighted by Gasteiger charge is -2.16. The summed E-state index contributed by atoms with van der Waals surface area (Å²) in [7, 11) is 0. The molecule has 0 atom stereocenters. The van der Waals surface area contributed by atoms with Gasteiger partial charge in [0.05, 0.1) is 29.0 Å². The second kappa shape index (κ2) is 11.2. The van der Waals surface area contributed by atoms with Crippen molar-refractivity contribution in [3.63, 3.8) is 0 Å². The van der Waals surface area contributed by atoms with Crippen LogP contribution in [0.2, 0.25) is 0 Å². The molecule has 30 heavy (non-hydrogen) atoms. The van der Waals surface area contributed by atoms with Crippen LogP contribution in [0.4, 0.5) is 5.69 Å². The van der Waals surface area contributed by atoms with Crippen LogP contribution in [0.15, 0.2) is 54.7 Å². The molecular weight excluding hydrogens is 372 g/mol. The molecule has 0 aliphatic rings. The summed E-state index contributed by atoms with van der Waals surface area (Å²) in [6.07, 6.45) is 1.86. The quantitative estimate of drug-likeness (QED) is 0.579. The van der Waals surface area contributed by atoms with E-state index in [2.05, 4.69) is 22.4 Å². The van der Waals surface area contributed by atoms with Crippen LogP contribution in [0.5, 0.6) is 5.75 Å². The van der Waals surface area contributed by atoms with Gasteiger partial charge in [-0.3, -0.25) is 4.98 Å². The van der Waals surface area contributed by atoms with E-state index >= 15 is 0 Å². The maximum Gasteiger partial charge on any atom is 0.144 e. The zero-order valence-corrected chi connectivity index (χ0v) is 17.9. The maximum absolute atomic E-state index is 8.89. The molecule has 152 valence electrons. The van der Waals surface area contributed by atoms with Crippen molar-refractivity contribution >= 4 is 5.69 Å². The zero-order valence-electron chi connectivity index (χ0n) is 17.9. The van der Waals surface area contributed by atoms with Crippen molar-refractivity contribution in [1.82, 2.24) is 4.98 Å². The summed E-state index contributed by atoms with van der Waals surface area (Å²) >= 11 is 0. The van der Waals surface area contributed by atoms with Crippen LogP contribution in [0.3, 0.4) is 0 Å². The molecule has 3 aromatic rings. The molecule has 1 heterocycles. The highest BCUT2D eigenvalue weighted by Gasteiger charge is 2.11. The summed E-state index contributed by atoms with van der Waals surface area (Å²) in [5.41, 5.74) is 6.14. The lowest BCUT2D eigenvalue weighted by Crippen LogP contribution is -2.06. The summed E-state index contributed by atoms with van der Waals surface area (Å²) in [5, 5.41) is 21.1. The van der Waals surface area contributed by atoms with Crippen molar-refractivity contribution in [3.05, 3.63) is 88.2 Å². The number of nitrogens with one attached hydrogen (secondary N) is 1. The number of anilines is 1. The Hall–Kier alpha value is -3.83. The highest BCUT2D eigenvalue weighted by atomic mass is 16.5. The minimum Gasteiger partial charge on any atom is -0.487 e. The SMILES string of the molecule is CC.Cc1ncc(CNc2ccc(C#N)cc2)c(C)c1OCc1ccc(C#N)cc1. The summed E-state index contributed by atoms with van der Waals surface area (Å²) in [6.45, 7) is 8.98. The molecule has 0 spiro atoms. The van der Waals surface area contributed by atoms with Crippen LogP contribution in [0, 0.1) is 36.5 Å². The number of hydrogen-bond donors (Lipinski definition) is 1. The molecule has 0 bridgehead atoms. The fourth-order valence-electron chi connectivity index (χ4n) is 2.83. The molecule has 5 nitrogen and oxygen atoms in total. The fraction of sp³-hybridized carbons (Fsp3) is 0.240. The van der Waals surface area contributed by atoms with Gasteiger partial charge in [0, 0.05) is 18.4 Å². The Labute approximate surface area is 178 Å². The van der Waals surface area contributed by atoms with Crippen LogP contribution in [0.1, 0.15) is 47.4 Å². The van der Waals surface area contributed by atoms with E-state index in [0.717, 1.165) is 33.8 Å². The molecule has 0 unspecified atom stereocenters. The Bertz CT molecular complexity index is 1040. The van der Waals surface area contributed by atoms with Crippen molar-refractivity contribution in [2.45, 2.75) is 40.8 Å². The monoisotopic (exact) mass is 398 g/mol. The third-order valence-corrected chi connectivity index (χ3v) is 4.53. The van der Waals surface area contributed by atoms with Crippen molar-refractivity contribution in [3.8, 4) is 17.9 Å². The van der Waals surface area contributed by atoms with E-state index in [4.69, 9.17) is 15.3 Å². The van der Waals surface area contributed by atoms with Crippen LogP contribution >= 0.6 is 0 Å². The van der Waals surface area contributed by atoms with Gasteiger partial charge in [0.15, 0.2) is 0 Å². The fourth-order valence-corrected chi connectivity index (χ4v) is 2.83. The van der Waals surface area contributed by atoms with Gasteiger partial charge in [-0.1, -0.05) is 26.0 Å². The van der Waals surface area contributed by atoms with E-state index in [1.54, 1.807) is 24.3 Å². The minimum absolute atomic E-state index is 0.418. The molecule has 0 saturated heterocycles. The van der Waals surface area contributed by atoms with Gasteiger partial charge in [0.1, 0.15) is 12.4 Å². The van der Waals surface area contributed by atoms with Crippen molar-refractivity contribution in [2.75, 3.05) is 5.32 Å². The Kier molecular flexibility index (Phi) is 8.41. The van der Waals surface area contributed by atoms with Crippen LogP contribution in [-0.4, -0.2) is 4.98 Å². The Morgan fingerprint density at radius 3 is 2.03 bits per heavy atom. The number of nitriles is 2. The standard InChI is InChI=1S/C23H20N4O.C2H6/c1-16-21(14-27-22-9-7-19(12-25)8-10-22)13-26-17(2)23(16)28-15-20-5-3-18(11-24)4-6-20;1-2/h3-10,13,27H,14-15H2,1-2H3;1-2H3. The first-order valence-corrected chi connectivity index (χ1v) is 9.91. The van der Waals surface area contributed by atoms with Crippen molar-refractivity contribution < 1.29 is 4.74 Å². The number of benzene rings is 2. The summed E-state index contributed by atoms with van der Waals surface area (Å²) in [6, 6.07) is 18.9. The highest BCUT2D eigenvalue weighted by Crippen LogP contribution is 2.26. The predicted octanol–water partition coefficient (Wildman–Crippen LogP) is 5.66. The van der Waals surface area contributed by atoms with E-state index in [-0.39, 0.29) is 0 Å². The van der Waals surface area contributed by atoms with Crippen molar-refractivity contribution in [2.24, 2.45) is 0 Å². The molecule has 0 amide bonds. The molecule has 1 N–H and O–H groups in total. The molecular formula is C25H26N4O. The molecule has 0 aliphatic heterocycles. The largest absolute Gasteiger partial charge is 0.487 e. The summed E-state index contributed by atoms with van der Waals surface area (Å²) in [5.74, 6) is 0.781. The first kappa shape index (κ1) is 22.5. The predicted molar refractivity (Wildman–Crippen MR) is 119 cm³/mol. The number of pyridine rings is 1. The molecule has 0 radical (unpaired) electrons. The second-order valence-corrected chi connectivity index (χ2v) is 6.46. The number of nitrogens with zero attached hydrogens (tertiary/aromatic N) is 3. The minimum atomic E-state index is 0.418. The number of rotatable bonds is 6. The van der Waals surface area contributed by atoms with E-state index in [0.29, 0.717) is 24.3 Å². The maximum atomic E-state index is 8.89. The van der Waals surface area contributed by atoms with Gasteiger partial charge in [0.2, 0.25) is 0 Å². The normalized spacial score (nSPS) is 9.53. The third kappa shape index (κ3) is 5.83. The summed E-state index contributed by atoms with van der Waals surface area (Å²) in [4.78, 5) is 4.47. The zero-order chi connectivity index (χ0) is 21.9. The van der Waals surface area contributed by atoms with Crippen LogP contribution in [0.25, 0.3) is 0 Å². The van der Waals surface area contributed by atoms with Crippen molar-refractivity contribution in [1.29, 1.82) is 10.5 Å². The topological polar surface area (TPSA) is 81.7 Å². The van der Waals surface area contributed by atoms with Gasteiger partial charge in [-0.15, -0.1) is 0 Å². The average Bonchev–Trinajstić information content (AvgIpc) is 2.80. The summed E-state index contributed by atoms with van der Waals surface area (Å²) < 4.78 is 6.04. The van der Waals surface area contributed by atoms with Gasteiger partial charge in [0.25, 0.3) is 0 Å². The third-order valence-electron chi connectivity index (χ3n) is 4.53. The van der Waals surface area contributed by atoms with Gasteiger partial charge in [-0.05, 0) is 66.9 Å². The van der Waals surface area contributed by atoms with Gasteiger partial charge in [-0.2, -0.15) is 10.5 Å². The Balaban J connectivity index is 0.00000155. The van der Waals surface area contributed by atoms with Crippen LogP contribution < -0.4 is 10.1 Å². The van der Waals surface area contributed by atoms with E-state index in [9.17, 15) is 0 Å². The van der Waals surface area contributed by atoms with E-state index in [1.165, 1.54) is 0 Å². The van der Waals surface area contributed by atoms with Gasteiger partial charge >= 0.3 is 0 Å². The molecule has 0 aliphatic carbocycles. The van der Waals surface area contributed by atoms with E-state index < -0.39 is 0 Å². The van der Waals surface area contributed by atoms with Gasteiger partial charge < -0.3 is 10.1 Å². The molecule has 0 saturated carbocycles. The Morgan fingerprint density at radius 1 is 0.900 bits per heavy atom.